The largest absolute Gasteiger partial charge is 0.480 e. The number of benzene rings is 1. The summed E-state index contributed by atoms with van der Waals surface area (Å²) in [7, 11) is 0. The van der Waals surface area contributed by atoms with Crippen LogP contribution in [0, 0.1) is 0 Å². The second-order valence-electron chi connectivity index (χ2n) is 5.23. The Bertz CT molecular complexity index is 1050. The van der Waals surface area contributed by atoms with Gasteiger partial charge in [-0.25, -0.2) is 0 Å². The van der Waals surface area contributed by atoms with E-state index in [2.05, 4.69) is 10.3 Å². The smallest absolute Gasteiger partial charge is 0.323 e. The number of pyridine rings is 2. The number of anilines is 1. The van der Waals surface area contributed by atoms with Crippen molar-refractivity contribution in [3.05, 3.63) is 69.9 Å². The number of carbonyl (C=O) groups excluding carboxylic acids is 1. The molecule has 1 aromatic carbocycles. The summed E-state index contributed by atoms with van der Waals surface area (Å²) in [4.78, 5) is 39.1. The van der Waals surface area contributed by atoms with Crippen molar-refractivity contribution in [1.82, 2.24) is 9.55 Å². The van der Waals surface area contributed by atoms with Gasteiger partial charge in [0.05, 0.1) is 5.69 Å². The summed E-state index contributed by atoms with van der Waals surface area (Å²) in [6, 6.07) is 9.46. The van der Waals surface area contributed by atoms with Crippen LogP contribution in [0.2, 0.25) is 5.02 Å². The van der Waals surface area contributed by atoms with Gasteiger partial charge in [-0.05, 0) is 18.2 Å². The van der Waals surface area contributed by atoms with Gasteiger partial charge < -0.3 is 15.0 Å². The van der Waals surface area contributed by atoms with Crippen LogP contribution in [0.4, 0.5) is 5.69 Å². The van der Waals surface area contributed by atoms with Crippen molar-refractivity contribution in [2.24, 2.45) is 0 Å². The Labute approximate surface area is 146 Å². The molecule has 0 saturated heterocycles. The van der Waals surface area contributed by atoms with Crippen LogP contribution < -0.4 is 10.9 Å². The number of rotatable bonds is 4. The van der Waals surface area contributed by atoms with Gasteiger partial charge >= 0.3 is 5.97 Å². The first-order valence-electron chi connectivity index (χ1n) is 7.22. The third-order valence-electron chi connectivity index (χ3n) is 3.51. The van der Waals surface area contributed by atoms with E-state index in [1.54, 1.807) is 24.3 Å². The summed E-state index contributed by atoms with van der Waals surface area (Å²) in [5, 5.41) is 13.2. The van der Waals surface area contributed by atoms with Crippen LogP contribution >= 0.6 is 11.6 Å². The van der Waals surface area contributed by atoms with E-state index in [4.69, 9.17) is 16.7 Å². The van der Waals surface area contributed by atoms with Crippen molar-refractivity contribution in [3.63, 3.8) is 0 Å². The predicted molar refractivity (Wildman–Crippen MR) is 93.0 cm³/mol. The molecule has 0 fully saturated rings. The van der Waals surface area contributed by atoms with Crippen LogP contribution in [0.3, 0.4) is 0 Å². The average molecular weight is 358 g/mol. The minimum atomic E-state index is -1.16. The Hall–Kier alpha value is -3.19. The number of fused-ring (bicyclic) bond motifs is 1. The van der Waals surface area contributed by atoms with Crippen molar-refractivity contribution in [2.75, 3.05) is 5.32 Å². The highest BCUT2D eigenvalue weighted by molar-refractivity contribution is 6.36. The number of hydrogen-bond acceptors (Lipinski definition) is 4. The van der Waals surface area contributed by atoms with E-state index < -0.39 is 24.0 Å². The normalized spacial score (nSPS) is 10.6. The Morgan fingerprint density at radius 2 is 1.96 bits per heavy atom. The van der Waals surface area contributed by atoms with Gasteiger partial charge in [0, 0.05) is 34.3 Å². The van der Waals surface area contributed by atoms with Gasteiger partial charge in [-0.3, -0.25) is 19.4 Å². The zero-order valence-electron chi connectivity index (χ0n) is 12.8. The Kier molecular flexibility index (Phi) is 4.49. The Morgan fingerprint density at radius 1 is 1.16 bits per heavy atom. The summed E-state index contributed by atoms with van der Waals surface area (Å²) in [5.41, 5.74) is -0.0156. The lowest BCUT2D eigenvalue weighted by Crippen LogP contribution is -2.24. The molecule has 0 aliphatic rings. The number of carbonyl (C=O) groups is 2. The van der Waals surface area contributed by atoms with E-state index in [9.17, 15) is 14.4 Å². The molecule has 3 rings (SSSR count). The minimum absolute atomic E-state index is 0.177. The monoisotopic (exact) mass is 357 g/mol. The van der Waals surface area contributed by atoms with E-state index in [-0.39, 0.29) is 11.4 Å². The number of aliphatic carboxylic acids is 1. The van der Waals surface area contributed by atoms with E-state index >= 15 is 0 Å². The molecule has 0 aliphatic carbocycles. The molecule has 0 spiro atoms. The first kappa shape index (κ1) is 16.7. The number of carboxylic acids is 1. The number of carboxylic acid groups (broad SMARTS) is 1. The van der Waals surface area contributed by atoms with E-state index in [1.165, 1.54) is 24.5 Å². The quantitative estimate of drug-likeness (QED) is 0.746. The lowest BCUT2D eigenvalue weighted by atomic mass is 10.1. The molecule has 2 heterocycles. The Morgan fingerprint density at radius 3 is 2.72 bits per heavy atom. The molecule has 0 bridgehead atoms. The molecule has 0 radical (unpaired) electrons. The van der Waals surface area contributed by atoms with Crippen LogP contribution in [0.1, 0.15) is 10.5 Å². The highest BCUT2D eigenvalue weighted by Crippen LogP contribution is 2.25. The average Bonchev–Trinajstić information content (AvgIpc) is 2.57. The molecule has 0 saturated carbocycles. The van der Waals surface area contributed by atoms with Gasteiger partial charge in [0.1, 0.15) is 12.2 Å². The summed E-state index contributed by atoms with van der Waals surface area (Å²) in [6.45, 7) is -0.495. The van der Waals surface area contributed by atoms with Crippen LogP contribution in [-0.4, -0.2) is 26.5 Å². The number of halogens is 1. The minimum Gasteiger partial charge on any atom is -0.480 e. The van der Waals surface area contributed by atoms with Crippen molar-refractivity contribution in [2.45, 2.75) is 6.54 Å². The summed E-state index contributed by atoms with van der Waals surface area (Å²) >= 11 is 6.13. The predicted octanol–water partition coefficient (Wildman–Crippen LogP) is 2.39. The number of amides is 1. The molecule has 2 N–H and O–H groups in total. The second-order valence-corrected chi connectivity index (χ2v) is 5.63. The molecule has 7 nitrogen and oxygen atoms in total. The van der Waals surface area contributed by atoms with E-state index in [0.29, 0.717) is 15.8 Å². The van der Waals surface area contributed by atoms with Crippen LogP contribution in [-0.2, 0) is 11.3 Å². The number of hydrogen-bond donors (Lipinski definition) is 2. The standard InChI is InChI=1S/C17H12ClN3O4/c18-13-3-1-2-12-11(13)6-7-19-16(12)17(25)20-10-4-5-14(22)21(8-10)9-15(23)24/h1-8H,9H2,(H,20,25)(H,23,24). The Balaban J connectivity index is 1.95. The van der Waals surface area contributed by atoms with Gasteiger partial charge in [-0.15, -0.1) is 0 Å². The molecule has 0 aliphatic heterocycles. The highest BCUT2D eigenvalue weighted by atomic mass is 35.5. The van der Waals surface area contributed by atoms with Crippen LogP contribution in [0.5, 0.6) is 0 Å². The summed E-state index contributed by atoms with van der Waals surface area (Å²) in [6.07, 6.45) is 2.75. The maximum Gasteiger partial charge on any atom is 0.323 e. The second kappa shape index (κ2) is 6.74. The van der Waals surface area contributed by atoms with Gasteiger partial charge in [0.25, 0.3) is 11.5 Å². The molecular weight excluding hydrogens is 346 g/mol. The van der Waals surface area contributed by atoms with Crippen LogP contribution in [0.25, 0.3) is 10.8 Å². The molecule has 3 aromatic rings. The van der Waals surface area contributed by atoms with Crippen molar-refractivity contribution in [3.8, 4) is 0 Å². The fourth-order valence-electron chi connectivity index (χ4n) is 2.41. The molecule has 0 atom stereocenters. The molecule has 1 amide bonds. The zero-order valence-corrected chi connectivity index (χ0v) is 13.5. The third-order valence-corrected chi connectivity index (χ3v) is 3.84. The lowest BCUT2D eigenvalue weighted by molar-refractivity contribution is -0.137. The zero-order chi connectivity index (χ0) is 18.0. The lowest BCUT2D eigenvalue weighted by Gasteiger charge is -2.09. The fraction of sp³-hybridized carbons (Fsp3) is 0.0588. The number of nitrogens with zero attached hydrogens (tertiary/aromatic N) is 2. The van der Waals surface area contributed by atoms with E-state index in [1.807, 2.05) is 0 Å². The summed E-state index contributed by atoms with van der Waals surface area (Å²) in [5.74, 6) is -1.65. The SMILES string of the molecule is O=C(O)Cn1cc(NC(=O)c2nccc3c(Cl)cccc23)ccc1=O. The number of aromatic nitrogens is 2. The molecule has 2 aromatic heterocycles. The van der Waals surface area contributed by atoms with Crippen LogP contribution in [0.15, 0.2) is 53.6 Å². The topological polar surface area (TPSA) is 101 Å². The van der Waals surface area contributed by atoms with Gasteiger partial charge in [-0.2, -0.15) is 0 Å². The maximum atomic E-state index is 12.5. The van der Waals surface area contributed by atoms with Crippen molar-refractivity contribution in [1.29, 1.82) is 0 Å². The molecule has 0 unspecified atom stereocenters. The maximum absolute atomic E-state index is 12.5. The molecule has 25 heavy (non-hydrogen) atoms. The highest BCUT2D eigenvalue weighted by Gasteiger charge is 2.14. The van der Waals surface area contributed by atoms with Gasteiger partial charge in [0.2, 0.25) is 0 Å². The van der Waals surface area contributed by atoms with Crippen molar-refractivity contribution < 1.29 is 14.7 Å². The first-order chi connectivity index (χ1) is 12.0. The molecular formula is C17H12ClN3O4. The molecule has 8 heteroatoms. The first-order valence-corrected chi connectivity index (χ1v) is 7.60. The van der Waals surface area contributed by atoms with Gasteiger partial charge in [-0.1, -0.05) is 23.7 Å². The third kappa shape index (κ3) is 3.51. The van der Waals surface area contributed by atoms with Gasteiger partial charge in [0.15, 0.2) is 0 Å². The van der Waals surface area contributed by atoms with Crippen molar-refractivity contribution >= 4 is 39.9 Å². The summed E-state index contributed by atoms with van der Waals surface area (Å²) < 4.78 is 0.991. The fourth-order valence-corrected chi connectivity index (χ4v) is 2.65. The molecule has 126 valence electrons. The number of nitrogens with one attached hydrogen (secondary N) is 1. The van der Waals surface area contributed by atoms with E-state index in [0.717, 1.165) is 4.57 Å².